The molecule has 0 aliphatic rings. The van der Waals surface area contributed by atoms with Crippen LogP contribution in [0.25, 0.3) is 0 Å². The molecule has 1 aromatic rings. The molecule has 8 heteroatoms. The lowest BCUT2D eigenvalue weighted by Crippen LogP contribution is -2.27. The Morgan fingerprint density at radius 2 is 1.90 bits per heavy atom. The predicted molar refractivity (Wildman–Crippen MR) is 76.8 cm³/mol. The highest BCUT2D eigenvalue weighted by Gasteiger charge is 2.18. The van der Waals surface area contributed by atoms with Gasteiger partial charge in [0.2, 0.25) is 0 Å². The number of hydrogen-bond donors (Lipinski definition) is 1. The third-order valence-corrected chi connectivity index (χ3v) is 2.54. The molecule has 0 heterocycles. The zero-order chi connectivity index (χ0) is 15.6. The molecule has 1 rings (SSSR count). The molecule has 0 fully saturated rings. The molecular weight excluding hydrogens is 306 g/mol. The van der Waals surface area contributed by atoms with Crippen LogP contribution < -0.4 is 9.50 Å². The van der Waals surface area contributed by atoms with Crippen molar-refractivity contribution in [2.75, 3.05) is 11.6 Å². The summed E-state index contributed by atoms with van der Waals surface area (Å²) in [5, 5.41) is 2.68. The SMILES string of the molecule is CC(C)(C)OC(=O)Nc1ccc(Cl)cc1OS(C)(=O)=O. The zero-order valence-electron chi connectivity index (χ0n) is 11.6. The average molecular weight is 322 g/mol. The minimum atomic E-state index is -3.74. The third kappa shape index (κ3) is 6.12. The first kappa shape index (κ1) is 16.6. The van der Waals surface area contributed by atoms with Gasteiger partial charge in [0, 0.05) is 11.1 Å². The second-order valence-corrected chi connectivity index (χ2v) is 7.07. The fraction of sp³-hybridized carbons (Fsp3) is 0.417. The smallest absolute Gasteiger partial charge is 0.412 e. The molecule has 20 heavy (non-hydrogen) atoms. The molecule has 0 radical (unpaired) electrons. The first-order valence-electron chi connectivity index (χ1n) is 5.65. The topological polar surface area (TPSA) is 81.7 Å². The van der Waals surface area contributed by atoms with Gasteiger partial charge in [-0.25, -0.2) is 4.79 Å². The predicted octanol–water partition coefficient (Wildman–Crippen LogP) is 3.03. The largest absolute Gasteiger partial charge is 0.444 e. The van der Waals surface area contributed by atoms with Crippen molar-refractivity contribution in [1.82, 2.24) is 0 Å². The van der Waals surface area contributed by atoms with Crippen LogP contribution in [0.1, 0.15) is 20.8 Å². The summed E-state index contributed by atoms with van der Waals surface area (Å²) in [6.45, 7) is 5.13. The van der Waals surface area contributed by atoms with Gasteiger partial charge < -0.3 is 8.92 Å². The van der Waals surface area contributed by atoms with Gasteiger partial charge in [0.05, 0.1) is 11.9 Å². The maximum Gasteiger partial charge on any atom is 0.412 e. The molecule has 0 atom stereocenters. The quantitative estimate of drug-likeness (QED) is 0.865. The minimum Gasteiger partial charge on any atom is -0.444 e. The van der Waals surface area contributed by atoms with Crippen molar-refractivity contribution in [3.05, 3.63) is 23.2 Å². The number of rotatable bonds is 3. The maximum atomic E-state index is 11.7. The molecule has 0 saturated heterocycles. The Hall–Kier alpha value is -1.47. The van der Waals surface area contributed by atoms with E-state index in [9.17, 15) is 13.2 Å². The molecule has 0 aliphatic carbocycles. The van der Waals surface area contributed by atoms with Crippen LogP contribution in [0.3, 0.4) is 0 Å². The summed E-state index contributed by atoms with van der Waals surface area (Å²) in [5.41, 5.74) is -0.525. The Balaban J connectivity index is 2.98. The second kappa shape index (κ2) is 5.88. The minimum absolute atomic E-state index is 0.0779. The van der Waals surface area contributed by atoms with E-state index >= 15 is 0 Å². The number of halogens is 1. The molecule has 0 spiro atoms. The summed E-state index contributed by atoms with van der Waals surface area (Å²) in [6.07, 6.45) is 0.170. The third-order valence-electron chi connectivity index (χ3n) is 1.82. The first-order valence-corrected chi connectivity index (χ1v) is 7.85. The molecule has 1 amide bonds. The summed E-state index contributed by atoms with van der Waals surface area (Å²) in [4.78, 5) is 11.7. The first-order chi connectivity index (χ1) is 8.96. The van der Waals surface area contributed by atoms with Gasteiger partial charge in [0.25, 0.3) is 0 Å². The molecule has 0 unspecified atom stereocenters. The number of nitrogens with one attached hydrogen (secondary N) is 1. The van der Waals surface area contributed by atoms with Gasteiger partial charge in [-0.2, -0.15) is 8.42 Å². The Morgan fingerprint density at radius 1 is 1.30 bits per heavy atom. The van der Waals surface area contributed by atoms with E-state index in [1.807, 2.05) is 0 Å². The Morgan fingerprint density at radius 3 is 2.40 bits per heavy atom. The number of amides is 1. The molecule has 0 aliphatic heterocycles. The Labute approximate surface area is 123 Å². The molecule has 6 nitrogen and oxygen atoms in total. The van der Waals surface area contributed by atoms with Crippen LogP contribution in [0, 0.1) is 0 Å². The van der Waals surface area contributed by atoms with Crippen LogP contribution in [0.4, 0.5) is 10.5 Å². The highest BCUT2D eigenvalue weighted by atomic mass is 35.5. The molecule has 0 aromatic heterocycles. The maximum absolute atomic E-state index is 11.7. The molecule has 1 aromatic carbocycles. The summed E-state index contributed by atoms with van der Waals surface area (Å²) >= 11 is 5.77. The van der Waals surface area contributed by atoms with Crippen LogP contribution in [0.2, 0.25) is 5.02 Å². The lowest BCUT2D eigenvalue weighted by Gasteiger charge is -2.20. The standard InChI is InChI=1S/C12H16ClNO5S/c1-12(2,3)18-11(15)14-9-6-5-8(13)7-10(9)19-20(4,16)17/h5-7H,1-4H3,(H,14,15). The van der Waals surface area contributed by atoms with Crippen LogP contribution in [0.15, 0.2) is 18.2 Å². The van der Waals surface area contributed by atoms with E-state index in [0.29, 0.717) is 0 Å². The zero-order valence-corrected chi connectivity index (χ0v) is 13.1. The van der Waals surface area contributed by atoms with E-state index in [-0.39, 0.29) is 16.5 Å². The van der Waals surface area contributed by atoms with Gasteiger partial charge >= 0.3 is 16.2 Å². The normalized spacial score (nSPS) is 11.8. The summed E-state index contributed by atoms with van der Waals surface area (Å²) < 4.78 is 32.2. The lowest BCUT2D eigenvalue weighted by atomic mass is 10.2. The van der Waals surface area contributed by atoms with E-state index in [1.54, 1.807) is 20.8 Å². The van der Waals surface area contributed by atoms with Crippen molar-refractivity contribution in [2.24, 2.45) is 0 Å². The van der Waals surface area contributed by atoms with Crippen LogP contribution in [-0.2, 0) is 14.9 Å². The number of carbonyl (C=O) groups excluding carboxylic acids is 1. The van der Waals surface area contributed by atoms with E-state index in [2.05, 4.69) is 5.32 Å². The molecule has 0 saturated carbocycles. The highest BCUT2D eigenvalue weighted by molar-refractivity contribution is 7.86. The van der Waals surface area contributed by atoms with Crippen LogP contribution in [0.5, 0.6) is 5.75 Å². The molecule has 1 N–H and O–H groups in total. The van der Waals surface area contributed by atoms with Gasteiger partial charge in [0.15, 0.2) is 5.75 Å². The van der Waals surface area contributed by atoms with E-state index in [0.717, 1.165) is 6.26 Å². The number of anilines is 1. The van der Waals surface area contributed by atoms with Crippen molar-refractivity contribution in [1.29, 1.82) is 0 Å². The summed E-state index contributed by atoms with van der Waals surface area (Å²) in [5.74, 6) is -0.0779. The average Bonchev–Trinajstić information content (AvgIpc) is 2.17. The van der Waals surface area contributed by atoms with Crippen molar-refractivity contribution in [2.45, 2.75) is 26.4 Å². The molecular formula is C12H16ClNO5S. The lowest BCUT2D eigenvalue weighted by molar-refractivity contribution is 0.0635. The Kier molecular flexibility index (Phi) is 4.88. The fourth-order valence-electron chi connectivity index (χ4n) is 1.25. The second-order valence-electron chi connectivity index (χ2n) is 5.05. The van der Waals surface area contributed by atoms with Crippen molar-refractivity contribution in [3.63, 3.8) is 0 Å². The van der Waals surface area contributed by atoms with Gasteiger partial charge in [0.1, 0.15) is 5.60 Å². The van der Waals surface area contributed by atoms with Gasteiger partial charge in [-0.15, -0.1) is 0 Å². The number of benzene rings is 1. The summed E-state index contributed by atoms with van der Waals surface area (Å²) in [7, 11) is -3.74. The van der Waals surface area contributed by atoms with Crippen molar-refractivity contribution >= 4 is 33.5 Å². The van der Waals surface area contributed by atoms with Gasteiger partial charge in [-0.3, -0.25) is 5.32 Å². The Bertz CT molecular complexity index is 607. The molecule has 0 bridgehead atoms. The fourth-order valence-corrected chi connectivity index (χ4v) is 1.87. The van der Waals surface area contributed by atoms with Crippen LogP contribution in [-0.4, -0.2) is 26.4 Å². The van der Waals surface area contributed by atoms with Crippen molar-refractivity contribution < 1.29 is 22.1 Å². The van der Waals surface area contributed by atoms with E-state index < -0.39 is 21.8 Å². The number of carbonyl (C=O) groups is 1. The van der Waals surface area contributed by atoms with Crippen LogP contribution >= 0.6 is 11.6 Å². The van der Waals surface area contributed by atoms with Gasteiger partial charge in [-0.05, 0) is 32.9 Å². The highest BCUT2D eigenvalue weighted by Crippen LogP contribution is 2.29. The van der Waals surface area contributed by atoms with Crippen molar-refractivity contribution in [3.8, 4) is 5.75 Å². The van der Waals surface area contributed by atoms with E-state index in [1.165, 1.54) is 18.2 Å². The monoisotopic (exact) mass is 321 g/mol. The summed E-state index contributed by atoms with van der Waals surface area (Å²) in [6, 6.07) is 4.20. The van der Waals surface area contributed by atoms with E-state index in [4.69, 9.17) is 20.5 Å². The number of ether oxygens (including phenoxy) is 1. The van der Waals surface area contributed by atoms with Gasteiger partial charge in [-0.1, -0.05) is 11.6 Å². The molecule has 112 valence electrons. The number of hydrogen-bond acceptors (Lipinski definition) is 5.